The van der Waals surface area contributed by atoms with E-state index in [4.69, 9.17) is 9.72 Å². The fourth-order valence-corrected chi connectivity index (χ4v) is 4.59. The maximum atomic E-state index is 11.7. The van der Waals surface area contributed by atoms with Crippen LogP contribution in [0.15, 0.2) is 30.5 Å². The van der Waals surface area contributed by atoms with Gasteiger partial charge in [-0.1, -0.05) is 71.6 Å². The van der Waals surface area contributed by atoms with Gasteiger partial charge < -0.3 is 4.74 Å². The van der Waals surface area contributed by atoms with Gasteiger partial charge in [-0.25, -0.2) is 9.97 Å². The summed E-state index contributed by atoms with van der Waals surface area (Å²) in [6, 6.07) is 7.52. The molecule has 1 aliphatic rings. The number of ether oxygens (including phenoxy) is 1. The summed E-state index contributed by atoms with van der Waals surface area (Å²) in [6.07, 6.45) is 19.1. The predicted octanol–water partition coefficient (Wildman–Crippen LogP) is 7.48. The molecule has 0 saturated carbocycles. The molecule has 0 fully saturated rings. The van der Waals surface area contributed by atoms with Gasteiger partial charge in [0.15, 0.2) is 5.82 Å². The monoisotopic (exact) mass is 436 g/mol. The molecule has 0 amide bonds. The first-order valence-corrected chi connectivity index (χ1v) is 12.9. The Morgan fingerprint density at radius 3 is 2.41 bits per heavy atom. The van der Waals surface area contributed by atoms with Gasteiger partial charge in [0.25, 0.3) is 0 Å². The van der Waals surface area contributed by atoms with Gasteiger partial charge >= 0.3 is 5.97 Å². The maximum Gasteiger partial charge on any atom is 0.311 e. The summed E-state index contributed by atoms with van der Waals surface area (Å²) in [5, 5.41) is 0. The van der Waals surface area contributed by atoms with Crippen LogP contribution in [0.5, 0.6) is 5.75 Å². The number of carbonyl (C=O) groups excluding carboxylic acids is 1. The number of esters is 1. The van der Waals surface area contributed by atoms with Crippen molar-refractivity contribution in [1.29, 1.82) is 0 Å². The molecule has 32 heavy (non-hydrogen) atoms. The molecule has 1 heterocycles. The predicted molar refractivity (Wildman–Crippen MR) is 131 cm³/mol. The second-order valence-corrected chi connectivity index (χ2v) is 9.29. The van der Waals surface area contributed by atoms with Crippen LogP contribution in [-0.4, -0.2) is 15.9 Å². The zero-order valence-corrected chi connectivity index (χ0v) is 20.1. The zero-order chi connectivity index (χ0) is 22.6. The average Bonchev–Trinajstić information content (AvgIpc) is 2.81. The summed E-state index contributed by atoms with van der Waals surface area (Å²) in [5.41, 5.74) is 3.50. The topological polar surface area (TPSA) is 52.1 Å². The highest BCUT2D eigenvalue weighted by Gasteiger charge is 2.20. The van der Waals surface area contributed by atoms with Crippen molar-refractivity contribution in [3.05, 3.63) is 41.7 Å². The Hall–Kier alpha value is -2.23. The van der Waals surface area contributed by atoms with Crippen LogP contribution >= 0.6 is 0 Å². The minimum atomic E-state index is -0.188. The lowest BCUT2D eigenvalue weighted by atomic mass is 9.84. The van der Waals surface area contributed by atoms with Crippen LogP contribution in [0.4, 0.5) is 0 Å². The summed E-state index contributed by atoms with van der Waals surface area (Å²) in [6.45, 7) is 4.25. The number of unbranched alkanes of at least 4 members (excludes halogenated alkanes) is 7. The highest BCUT2D eigenvalue weighted by atomic mass is 16.5. The molecule has 2 aromatic rings. The van der Waals surface area contributed by atoms with Crippen LogP contribution in [0.3, 0.4) is 0 Å². The second-order valence-electron chi connectivity index (χ2n) is 9.29. The van der Waals surface area contributed by atoms with Crippen molar-refractivity contribution >= 4 is 5.97 Å². The Bertz CT molecular complexity index is 832. The molecule has 1 aromatic heterocycles. The molecule has 0 aliphatic heterocycles. The molecule has 0 radical (unpaired) electrons. The zero-order valence-electron chi connectivity index (χ0n) is 20.1. The lowest BCUT2D eigenvalue weighted by molar-refractivity contribution is -0.134. The molecule has 0 bridgehead atoms. The van der Waals surface area contributed by atoms with Crippen molar-refractivity contribution < 1.29 is 9.53 Å². The van der Waals surface area contributed by atoms with E-state index < -0.39 is 0 Å². The lowest BCUT2D eigenvalue weighted by Crippen LogP contribution is -2.16. The van der Waals surface area contributed by atoms with Crippen molar-refractivity contribution in [2.45, 2.75) is 104 Å². The highest BCUT2D eigenvalue weighted by molar-refractivity contribution is 5.72. The Morgan fingerprint density at radius 2 is 1.69 bits per heavy atom. The van der Waals surface area contributed by atoms with E-state index in [0.717, 1.165) is 36.6 Å². The van der Waals surface area contributed by atoms with E-state index >= 15 is 0 Å². The van der Waals surface area contributed by atoms with Crippen molar-refractivity contribution in [3.63, 3.8) is 0 Å². The second kappa shape index (κ2) is 13.3. The van der Waals surface area contributed by atoms with Crippen LogP contribution in [0, 0.1) is 5.92 Å². The van der Waals surface area contributed by atoms with Gasteiger partial charge in [-0.15, -0.1) is 0 Å². The van der Waals surface area contributed by atoms with Crippen molar-refractivity contribution in [2.24, 2.45) is 5.92 Å². The summed E-state index contributed by atoms with van der Waals surface area (Å²) >= 11 is 0. The van der Waals surface area contributed by atoms with Crippen molar-refractivity contribution in [2.75, 3.05) is 0 Å². The number of nitrogens with zero attached hydrogens (tertiary/aromatic N) is 2. The Labute approximate surface area is 194 Å². The third-order valence-electron chi connectivity index (χ3n) is 6.52. The van der Waals surface area contributed by atoms with Crippen LogP contribution in [0.25, 0.3) is 11.4 Å². The number of hydrogen-bond acceptors (Lipinski definition) is 4. The third kappa shape index (κ3) is 7.72. The van der Waals surface area contributed by atoms with Gasteiger partial charge in [0.1, 0.15) is 5.75 Å². The number of fused-ring (bicyclic) bond motifs is 1. The quantitative estimate of drug-likeness (QED) is 0.185. The standard InChI is InChI=1S/C28H40N2O2/c1-3-5-6-7-8-9-10-11-13-22-14-19-26-24(20-22)21-29-28(30-26)23-15-17-25(18-16-23)32-27(31)12-4-2/h15-18,21-22H,3-14,19-20H2,1-2H3. The van der Waals surface area contributed by atoms with Crippen LogP contribution < -0.4 is 4.74 Å². The van der Waals surface area contributed by atoms with E-state index in [1.807, 2.05) is 37.4 Å². The molecular weight excluding hydrogens is 396 g/mol. The number of hydrogen-bond donors (Lipinski definition) is 0. The van der Waals surface area contributed by atoms with Crippen LogP contribution in [-0.2, 0) is 17.6 Å². The summed E-state index contributed by atoms with van der Waals surface area (Å²) in [4.78, 5) is 21.2. The maximum absolute atomic E-state index is 11.7. The van der Waals surface area contributed by atoms with E-state index in [-0.39, 0.29) is 5.97 Å². The molecule has 1 atom stereocenters. The largest absolute Gasteiger partial charge is 0.427 e. The number of benzene rings is 1. The summed E-state index contributed by atoms with van der Waals surface area (Å²) in [5.74, 6) is 1.94. The van der Waals surface area contributed by atoms with E-state index in [0.29, 0.717) is 12.2 Å². The molecule has 174 valence electrons. The molecule has 0 saturated heterocycles. The van der Waals surface area contributed by atoms with E-state index in [9.17, 15) is 4.79 Å². The Balaban J connectivity index is 1.45. The van der Waals surface area contributed by atoms with Crippen LogP contribution in [0.2, 0.25) is 0 Å². The first kappa shape index (κ1) is 24.4. The molecule has 3 rings (SSSR count). The molecule has 1 unspecified atom stereocenters. The lowest BCUT2D eigenvalue weighted by Gasteiger charge is -2.24. The van der Waals surface area contributed by atoms with Crippen molar-refractivity contribution in [3.8, 4) is 17.1 Å². The Morgan fingerprint density at radius 1 is 0.969 bits per heavy atom. The molecule has 0 spiro atoms. The third-order valence-corrected chi connectivity index (χ3v) is 6.52. The van der Waals surface area contributed by atoms with E-state index in [1.165, 1.54) is 75.5 Å². The molecule has 0 N–H and O–H groups in total. The van der Waals surface area contributed by atoms with Gasteiger partial charge in [-0.3, -0.25) is 4.79 Å². The normalized spacial score (nSPS) is 15.4. The van der Waals surface area contributed by atoms with Gasteiger partial charge in [0.2, 0.25) is 0 Å². The molecule has 4 nitrogen and oxygen atoms in total. The summed E-state index contributed by atoms with van der Waals surface area (Å²) < 4.78 is 5.34. The van der Waals surface area contributed by atoms with Crippen molar-refractivity contribution in [1.82, 2.24) is 9.97 Å². The SMILES string of the molecule is CCCCCCCCCCC1CCc2nc(-c3ccc(OC(=O)CCC)cc3)ncc2C1. The van der Waals surface area contributed by atoms with Gasteiger partial charge in [0, 0.05) is 23.9 Å². The average molecular weight is 437 g/mol. The minimum Gasteiger partial charge on any atom is -0.427 e. The molecule has 1 aliphatic carbocycles. The number of aromatic nitrogens is 2. The van der Waals surface area contributed by atoms with E-state index in [2.05, 4.69) is 11.9 Å². The first-order valence-electron chi connectivity index (χ1n) is 12.9. The fourth-order valence-electron chi connectivity index (χ4n) is 4.59. The van der Waals surface area contributed by atoms with Gasteiger partial charge in [0.05, 0.1) is 0 Å². The number of aryl methyl sites for hydroxylation is 1. The smallest absolute Gasteiger partial charge is 0.311 e. The number of rotatable bonds is 13. The van der Waals surface area contributed by atoms with Crippen LogP contribution in [0.1, 0.15) is 102 Å². The summed E-state index contributed by atoms with van der Waals surface area (Å²) in [7, 11) is 0. The van der Waals surface area contributed by atoms with E-state index in [1.54, 1.807) is 0 Å². The fraction of sp³-hybridized carbons (Fsp3) is 0.607. The minimum absolute atomic E-state index is 0.188. The van der Waals surface area contributed by atoms with Gasteiger partial charge in [-0.2, -0.15) is 0 Å². The Kier molecular flexibility index (Phi) is 10.2. The molecular formula is C28H40N2O2. The molecule has 1 aromatic carbocycles. The highest BCUT2D eigenvalue weighted by Crippen LogP contribution is 2.29. The molecule has 4 heteroatoms. The van der Waals surface area contributed by atoms with Gasteiger partial charge in [-0.05, 0) is 61.4 Å². The first-order chi connectivity index (χ1) is 15.7. The number of carbonyl (C=O) groups is 1.